The lowest BCUT2D eigenvalue weighted by Crippen LogP contribution is -2.62. The first-order valence-electron chi connectivity index (χ1n) is 31.5. The second-order valence-electron chi connectivity index (χ2n) is 20.1. The molecule has 0 rings (SSSR count). The van der Waals surface area contributed by atoms with Crippen LogP contribution in [0.25, 0.3) is 0 Å². The third-order valence-corrected chi connectivity index (χ3v) is 34.4. The molecule has 29 heteroatoms. The lowest BCUT2D eigenvalue weighted by Gasteiger charge is -2.48. The molecule has 500 valence electrons. The maximum absolute atomic E-state index is 6.35. The first-order valence-corrected chi connectivity index (χ1v) is 43.9. The van der Waals surface area contributed by atoms with Crippen LogP contribution < -0.4 is 21.3 Å². The van der Waals surface area contributed by atoms with Gasteiger partial charge >= 0.3 is 52.8 Å². The van der Waals surface area contributed by atoms with Crippen LogP contribution in [0.5, 0.6) is 0 Å². The Morgan fingerprint density at radius 3 is 0.602 bits per heavy atom. The van der Waals surface area contributed by atoms with Crippen molar-refractivity contribution >= 4 is 64.6 Å². The first-order chi connectivity index (χ1) is 39.8. The van der Waals surface area contributed by atoms with Crippen molar-refractivity contribution in [1.29, 1.82) is 0 Å². The Hall–Kier alpha value is 0.771. The average molecular weight is 1320 g/mol. The van der Waals surface area contributed by atoms with Crippen molar-refractivity contribution in [2.45, 2.75) is 206 Å². The standard InChI is InChI=1S/C54H126N4O18SSi6/c1-21-65-80(66-22-2,67-23-3)47-35-41-55-51(56-42-36-48-81(68-24-4,69-25-5)70-26-6)53(13,39-33-45-78(59-15,60-16)61-17)77-54(14,40-34-46-79(62-18,63-19)64-20)52(57-43-37-49-82(71-27-7,72-28-8)73-29-9)58-44-38-50-83(74-30-10,75-31-11)76-32-12/h51-52,55-58H,21-50H2,1-20H3. The van der Waals surface area contributed by atoms with Gasteiger partial charge < -0.3 is 101 Å². The Labute approximate surface area is 517 Å². The Balaban J connectivity index is 8.37. The van der Waals surface area contributed by atoms with Crippen LogP contribution in [0.15, 0.2) is 0 Å². The van der Waals surface area contributed by atoms with Crippen LogP contribution in [0.2, 0.25) is 36.3 Å². The summed E-state index contributed by atoms with van der Waals surface area (Å²) in [7, 11) is -7.69. The van der Waals surface area contributed by atoms with Gasteiger partial charge in [-0.25, -0.2) is 0 Å². The topological polar surface area (TPSA) is 214 Å². The Morgan fingerprint density at radius 1 is 0.277 bits per heavy atom. The summed E-state index contributed by atoms with van der Waals surface area (Å²) >= 11 is 1.98. The Morgan fingerprint density at radius 2 is 0.446 bits per heavy atom. The van der Waals surface area contributed by atoms with Crippen molar-refractivity contribution in [1.82, 2.24) is 21.3 Å². The molecule has 0 aromatic carbocycles. The van der Waals surface area contributed by atoms with Gasteiger partial charge in [0.15, 0.2) is 0 Å². The van der Waals surface area contributed by atoms with Crippen LogP contribution in [0, 0.1) is 0 Å². The molecular weight excluding hydrogens is 1190 g/mol. The van der Waals surface area contributed by atoms with Crippen molar-refractivity contribution < 1.29 is 79.7 Å². The second-order valence-corrected chi connectivity index (χ2v) is 39.2. The van der Waals surface area contributed by atoms with E-state index in [1.165, 1.54) is 0 Å². The van der Waals surface area contributed by atoms with Gasteiger partial charge in [0.05, 0.1) is 12.3 Å². The number of hydrogen-bond donors (Lipinski definition) is 4. The summed E-state index contributed by atoms with van der Waals surface area (Å²) in [5.74, 6) is 0. The zero-order valence-electron chi connectivity index (χ0n) is 56.1. The molecule has 0 spiro atoms. The van der Waals surface area contributed by atoms with E-state index in [0.717, 1.165) is 51.4 Å². The van der Waals surface area contributed by atoms with Crippen LogP contribution in [-0.4, -0.2) is 223 Å². The molecule has 83 heavy (non-hydrogen) atoms. The van der Waals surface area contributed by atoms with Gasteiger partial charge in [-0.1, -0.05) is 0 Å². The zero-order chi connectivity index (χ0) is 62.6. The minimum atomic E-state index is -2.99. The van der Waals surface area contributed by atoms with Crippen LogP contribution in [0.3, 0.4) is 0 Å². The van der Waals surface area contributed by atoms with Gasteiger partial charge in [-0.05, 0) is 174 Å². The largest absolute Gasteiger partial charge is 0.500 e. The van der Waals surface area contributed by atoms with Gasteiger partial charge in [-0.15, -0.1) is 11.8 Å². The van der Waals surface area contributed by atoms with E-state index in [4.69, 9.17) is 79.7 Å². The fraction of sp³-hybridized carbons (Fsp3) is 1.00. The molecule has 0 aliphatic rings. The maximum Gasteiger partial charge on any atom is 0.500 e. The highest BCUT2D eigenvalue weighted by atomic mass is 32.2. The molecule has 0 amide bonds. The highest BCUT2D eigenvalue weighted by molar-refractivity contribution is 8.02. The molecule has 0 heterocycles. The summed E-state index contributed by atoms with van der Waals surface area (Å²) in [6.07, 6.45) is 5.59. The fourth-order valence-corrected chi connectivity index (χ4v) is 26.7. The van der Waals surface area contributed by atoms with E-state index < -0.39 is 62.3 Å². The van der Waals surface area contributed by atoms with Crippen LogP contribution in [-0.2, 0) is 79.7 Å². The minimum Gasteiger partial charge on any atom is -0.377 e. The molecule has 0 aromatic rings. The van der Waals surface area contributed by atoms with Gasteiger partial charge in [-0.2, -0.15) is 0 Å². The summed E-state index contributed by atoms with van der Waals surface area (Å²) in [5.41, 5.74) is 0. The molecule has 22 nitrogen and oxygen atoms in total. The van der Waals surface area contributed by atoms with Crippen molar-refractivity contribution in [3.8, 4) is 0 Å². The van der Waals surface area contributed by atoms with E-state index in [2.05, 4.69) is 35.1 Å². The number of hydrogen-bond acceptors (Lipinski definition) is 23. The SMILES string of the molecule is CCO[Si](CCCNC(NCCC[Si](OCC)(OCC)OCC)C(C)(CCC[Si](OC)(OC)OC)SC(C)(CCC[Si](OC)(OC)OC)C(NCCC[Si](OCC)(OCC)OCC)NCCC[Si](OCC)(OCC)OCC)(OCC)OCC. The van der Waals surface area contributed by atoms with Crippen molar-refractivity contribution in [3.63, 3.8) is 0 Å². The monoisotopic (exact) mass is 1320 g/mol. The number of nitrogens with one attached hydrogen (secondary N) is 4. The molecule has 0 aromatic heterocycles. The lowest BCUT2D eigenvalue weighted by atomic mass is 9.99. The predicted octanol–water partition coefficient (Wildman–Crippen LogP) is 9.32. The Bertz CT molecular complexity index is 1280. The summed E-state index contributed by atoms with van der Waals surface area (Å²) in [5, 5.41) is 16.4. The lowest BCUT2D eigenvalue weighted by molar-refractivity contribution is 0.0697. The van der Waals surface area contributed by atoms with Crippen molar-refractivity contribution in [2.75, 3.05) is 148 Å². The van der Waals surface area contributed by atoms with Crippen molar-refractivity contribution in [3.05, 3.63) is 0 Å². The van der Waals surface area contributed by atoms with Gasteiger partial charge in [0.1, 0.15) is 0 Å². The molecule has 4 N–H and O–H groups in total. The van der Waals surface area contributed by atoms with Crippen molar-refractivity contribution in [2.24, 2.45) is 0 Å². The quantitative estimate of drug-likeness (QED) is 0.0254. The molecule has 0 bridgehead atoms. The molecule has 2 unspecified atom stereocenters. The second kappa shape index (κ2) is 47.7. The smallest absolute Gasteiger partial charge is 0.377 e. The first kappa shape index (κ1) is 83.8. The predicted molar refractivity (Wildman–Crippen MR) is 346 cm³/mol. The van der Waals surface area contributed by atoms with E-state index in [0.29, 0.717) is 142 Å². The molecule has 0 fully saturated rings. The van der Waals surface area contributed by atoms with Crippen LogP contribution in [0.4, 0.5) is 0 Å². The third kappa shape index (κ3) is 30.6. The van der Waals surface area contributed by atoms with Crippen LogP contribution in [0.1, 0.15) is 148 Å². The number of rotatable bonds is 62. The van der Waals surface area contributed by atoms with E-state index in [-0.39, 0.29) is 12.3 Å². The Kier molecular flexibility index (Phi) is 48.1. The van der Waals surface area contributed by atoms with Gasteiger partial charge in [0.25, 0.3) is 0 Å². The van der Waals surface area contributed by atoms with E-state index >= 15 is 0 Å². The summed E-state index contributed by atoms with van der Waals surface area (Å²) in [4.78, 5) is 0. The molecule has 0 saturated heterocycles. The summed E-state index contributed by atoms with van der Waals surface area (Å²) in [6, 6.07) is 3.90. The minimum absolute atomic E-state index is 0.239. The van der Waals surface area contributed by atoms with Gasteiger partial charge in [-0.3, -0.25) is 0 Å². The molecular formula is C54H126N4O18SSi6. The third-order valence-electron chi connectivity index (χ3n) is 14.3. The highest BCUT2D eigenvalue weighted by Crippen LogP contribution is 2.47. The average Bonchev–Trinajstić information content (AvgIpc) is 3.63. The summed E-state index contributed by atoms with van der Waals surface area (Å²) < 4.78 is 111. The van der Waals surface area contributed by atoms with Crippen LogP contribution >= 0.6 is 11.8 Å². The van der Waals surface area contributed by atoms with Gasteiger partial charge in [0.2, 0.25) is 0 Å². The highest BCUT2D eigenvalue weighted by Gasteiger charge is 2.49. The summed E-state index contributed by atoms with van der Waals surface area (Å²) in [6.45, 7) is 37.6. The molecule has 0 radical (unpaired) electrons. The molecule has 0 aliphatic carbocycles. The van der Waals surface area contributed by atoms with E-state index in [1.807, 2.05) is 94.8 Å². The maximum atomic E-state index is 6.35. The molecule has 2 atom stereocenters. The normalized spacial score (nSPS) is 14.8. The van der Waals surface area contributed by atoms with Gasteiger partial charge in [0, 0.05) is 168 Å². The fourth-order valence-electron chi connectivity index (χ4n) is 10.7. The number of thioether (sulfide) groups is 1. The molecule has 0 aliphatic heterocycles. The molecule has 0 saturated carbocycles. The zero-order valence-corrected chi connectivity index (χ0v) is 62.9. The van der Waals surface area contributed by atoms with E-state index in [9.17, 15) is 0 Å². The van der Waals surface area contributed by atoms with E-state index in [1.54, 1.807) is 42.7 Å².